The van der Waals surface area contributed by atoms with Gasteiger partial charge in [-0.3, -0.25) is 0 Å². The van der Waals surface area contributed by atoms with Gasteiger partial charge in [0, 0.05) is 0 Å². The molecule has 1 unspecified atom stereocenters. The lowest BCUT2D eigenvalue weighted by molar-refractivity contribution is 0.165. The molecule has 0 bridgehead atoms. The lowest BCUT2D eigenvalue weighted by atomic mass is 9.93. The second kappa shape index (κ2) is 5.33. The van der Waals surface area contributed by atoms with Crippen molar-refractivity contribution in [1.29, 1.82) is 0 Å². The lowest BCUT2D eigenvalue weighted by Gasteiger charge is -2.16. The zero-order chi connectivity index (χ0) is 12.3. The molecular weight excluding hydrogens is 208 g/mol. The number of hydrogen-bond donors (Lipinski definition) is 1. The Hall–Kier alpha value is -1.34. The first-order valence-corrected chi connectivity index (χ1v) is 6.40. The second-order valence-electron chi connectivity index (χ2n) is 4.68. The molecule has 0 saturated heterocycles. The van der Waals surface area contributed by atoms with E-state index < -0.39 is 0 Å². The Morgan fingerprint density at radius 3 is 2.65 bits per heavy atom. The van der Waals surface area contributed by atoms with E-state index in [1.807, 2.05) is 12.1 Å². The third-order valence-electron chi connectivity index (χ3n) is 3.35. The number of hydrogen-bond acceptors (Lipinski definition) is 1. The van der Waals surface area contributed by atoms with Gasteiger partial charge in [-0.2, -0.15) is 0 Å². The van der Waals surface area contributed by atoms with Gasteiger partial charge >= 0.3 is 0 Å². The van der Waals surface area contributed by atoms with Gasteiger partial charge in [0.2, 0.25) is 0 Å². The first-order valence-electron chi connectivity index (χ1n) is 6.40. The van der Waals surface area contributed by atoms with Gasteiger partial charge in [-0.05, 0) is 35.2 Å². The third kappa shape index (κ3) is 2.50. The predicted molar refractivity (Wildman–Crippen MR) is 73.2 cm³/mol. The highest BCUT2D eigenvalue weighted by atomic mass is 16.3. The van der Waals surface area contributed by atoms with E-state index in [1.165, 1.54) is 16.3 Å². The summed E-state index contributed by atoms with van der Waals surface area (Å²) in [5.74, 6) is 0. The Kier molecular flexibility index (Phi) is 3.80. The van der Waals surface area contributed by atoms with Crippen LogP contribution in [0.1, 0.15) is 43.4 Å². The average Bonchev–Trinajstić information content (AvgIpc) is 2.35. The first kappa shape index (κ1) is 12.1. The molecule has 1 N–H and O–H groups in total. The maximum absolute atomic E-state index is 10.3. The van der Waals surface area contributed by atoms with Gasteiger partial charge in [-0.15, -0.1) is 0 Å². The number of rotatable bonds is 4. The van der Waals surface area contributed by atoms with E-state index in [9.17, 15) is 5.11 Å². The molecule has 1 atom stereocenters. The van der Waals surface area contributed by atoms with Crippen LogP contribution in [0.5, 0.6) is 0 Å². The van der Waals surface area contributed by atoms with Gasteiger partial charge in [0.25, 0.3) is 0 Å². The predicted octanol–water partition coefficient (Wildman–Crippen LogP) is 4.37. The molecule has 0 spiro atoms. The minimum atomic E-state index is -0.332. The minimum absolute atomic E-state index is 0.332. The normalized spacial score (nSPS) is 12.9. The van der Waals surface area contributed by atoms with Crippen LogP contribution in [-0.2, 0) is 0 Å². The fourth-order valence-electron chi connectivity index (χ4n) is 2.39. The largest absolute Gasteiger partial charge is 0.388 e. The van der Waals surface area contributed by atoms with E-state index >= 15 is 0 Å². The molecule has 0 aliphatic heterocycles. The molecule has 1 nitrogen and oxygen atoms in total. The fraction of sp³-hybridized carbons (Fsp3) is 0.375. The topological polar surface area (TPSA) is 20.2 Å². The van der Waals surface area contributed by atoms with Crippen LogP contribution in [0, 0.1) is 6.92 Å². The van der Waals surface area contributed by atoms with Crippen molar-refractivity contribution in [3.63, 3.8) is 0 Å². The van der Waals surface area contributed by atoms with E-state index in [0.717, 1.165) is 24.8 Å². The molecule has 1 heteroatoms. The maximum atomic E-state index is 10.3. The molecule has 90 valence electrons. The van der Waals surface area contributed by atoms with Crippen molar-refractivity contribution < 1.29 is 5.11 Å². The zero-order valence-corrected chi connectivity index (χ0v) is 10.6. The van der Waals surface area contributed by atoms with Crippen LogP contribution in [-0.4, -0.2) is 5.11 Å². The highest BCUT2D eigenvalue weighted by Crippen LogP contribution is 2.30. The van der Waals surface area contributed by atoms with Crippen LogP contribution in [0.2, 0.25) is 0 Å². The summed E-state index contributed by atoms with van der Waals surface area (Å²) >= 11 is 0. The van der Waals surface area contributed by atoms with Gasteiger partial charge in [-0.25, -0.2) is 0 Å². The molecule has 0 heterocycles. The van der Waals surface area contributed by atoms with Gasteiger partial charge in [0.1, 0.15) is 0 Å². The van der Waals surface area contributed by atoms with Crippen molar-refractivity contribution >= 4 is 10.8 Å². The number of aliphatic hydroxyl groups excluding tert-OH is 1. The summed E-state index contributed by atoms with van der Waals surface area (Å²) in [6, 6.07) is 12.5. The van der Waals surface area contributed by atoms with Crippen molar-refractivity contribution in [1.82, 2.24) is 0 Å². The van der Waals surface area contributed by atoms with Crippen LogP contribution in [0.25, 0.3) is 10.8 Å². The van der Waals surface area contributed by atoms with E-state index in [2.05, 4.69) is 38.1 Å². The summed E-state index contributed by atoms with van der Waals surface area (Å²) < 4.78 is 0. The molecular formula is C16H20O. The van der Waals surface area contributed by atoms with E-state index in [1.54, 1.807) is 0 Å². The minimum Gasteiger partial charge on any atom is -0.388 e. The van der Waals surface area contributed by atoms with E-state index in [4.69, 9.17) is 0 Å². The Labute approximate surface area is 103 Å². The Morgan fingerprint density at radius 1 is 1.12 bits per heavy atom. The summed E-state index contributed by atoms with van der Waals surface area (Å²) in [7, 11) is 0. The number of benzene rings is 2. The van der Waals surface area contributed by atoms with Gasteiger partial charge < -0.3 is 5.11 Å². The standard InChI is InChI=1S/C16H20O/c1-3-4-9-15(17)16-12(2)10-11-13-7-5-6-8-14(13)16/h5-8,10-11,15,17H,3-4,9H2,1-2H3. The molecule has 0 amide bonds. The van der Waals surface area contributed by atoms with E-state index in [0.29, 0.717) is 0 Å². The highest BCUT2D eigenvalue weighted by Gasteiger charge is 2.13. The van der Waals surface area contributed by atoms with Crippen LogP contribution < -0.4 is 0 Å². The number of aryl methyl sites for hydroxylation is 1. The van der Waals surface area contributed by atoms with Crippen molar-refractivity contribution in [2.24, 2.45) is 0 Å². The van der Waals surface area contributed by atoms with Crippen molar-refractivity contribution in [3.05, 3.63) is 47.5 Å². The fourth-order valence-corrected chi connectivity index (χ4v) is 2.39. The van der Waals surface area contributed by atoms with Crippen LogP contribution in [0.3, 0.4) is 0 Å². The first-order chi connectivity index (χ1) is 8.24. The Morgan fingerprint density at radius 2 is 1.88 bits per heavy atom. The SMILES string of the molecule is CCCCC(O)c1c(C)ccc2ccccc12. The highest BCUT2D eigenvalue weighted by molar-refractivity contribution is 5.87. The molecule has 0 fully saturated rings. The molecule has 17 heavy (non-hydrogen) atoms. The molecule has 0 aromatic heterocycles. The monoisotopic (exact) mass is 228 g/mol. The van der Waals surface area contributed by atoms with Crippen molar-refractivity contribution in [2.45, 2.75) is 39.2 Å². The maximum Gasteiger partial charge on any atom is 0.0798 e. The molecule has 2 aromatic carbocycles. The Balaban J connectivity index is 2.47. The zero-order valence-electron chi connectivity index (χ0n) is 10.6. The number of fused-ring (bicyclic) bond motifs is 1. The molecule has 0 aliphatic carbocycles. The van der Waals surface area contributed by atoms with Crippen molar-refractivity contribution in [3.8, 4) is 0 Å². The number of unbranched alkanes of at least 4 members (excludes halogenated alkanes) is 1. The van der Waals surface area contributed by atoms with Crippen molar-refractivity contribution in [2.75, 3.05) is 0 Å². The summed E-state index contributed by atoms with van der Waals surface area (Å²) in [5.41, 5.74) is 2.30. The smallest absolute Gasteiger partial charge is 0.0798 e. The quantitative estimate of drug-likeness (QED) is 0.823. The van der Waals surface area contributed by atoms with Gasteiger partial charge in [-0.1, -0.05) is 56.2 Å². The van der Waals surface area contributed by atoms with Crippen LogP contribution in [0.15, 0.2) is 36.4 Å². The summed E-state index contributed by atoms with van der Waals surface area (Å²) in [5, 5.41) is 12.7. The summed E-state index contributed by atoms with van der Waals surface area (Å²) in [6.45, 7) is 4.24. The Bertz CT molecular complexity index is 502. The van der Waals surface area contributed by atoms with Gasteiger partial charge in [0.05, 0.1) is 6.10 Å². The van der Waals surface area contributed by atoms with Gasteiger partial charge in [0.15, 0.2) is 0 Å². The average molecular weight is 228 g/mol. The molecule has 2 rings (SSSR count). The third-order valence-corrected chi connectivity index (χ3v) is 3.35. The van der Waals surface area contributed by atoms with Crippen LogP contribution >= 0.6 is 0 Å². The second-order valence-corrected chi connectivity index (χ2v) is 4.68. The summed E-state index contributed by atoms with van der Waals surface area (Å²) in [4.78, 5) is 0. The number of aliphatic hydroxyl groups is 1. The molecule has 0 radical (unpaired) electrons. The molecule has 0 saturated carbocycles. The molecule has 0 aliphatic rings. The lowest BCUT2D eigenvalue weighted by Crippen LogP contribution is -2.01. The van der Waals surface area contributed by atoms with E-state index in [-0.39, 0.29) is 6.10 Å². The van der Waals surface area contributed by atoms with Crippen LogP contribution in [0.4, 0.5) is 0 Å². The molecule has 2 aromatic rings. The summed E-state index contributed by atoms with van der Waals surface area (Å²) in [6.07, 6.45) is 2.72.